The van der Waals surface area contributed by atoms with Crippen LogP contribution in [0.1, 0.15) is 60.3 Å². The molecule has 1 heterocycles. The molecule has 1 amide bonds. The van der Waals surface area contributed by atoms with E-state index in [1.54, 1.807) is 6.92 Å². The van der Waals surface area contributed by atoms with Crippen molar-refractivity contribution in [1.82, 2.24) is 0 Å². The van der Waals surface area contributed by atoms with Gasteiger partial charge in [-0.25, -0.2) is 4.79 Å². The molecular formula is C18H25NO5S. The maximum atomic E-state index is 12.2. The maximum absolute atomic E-state index is 12.2. The van der Waals surface area contributed by atoms with Crippen LogP contribution >= 0.6 is 11.3 Å². The van der Waals surface area contributed by atoms with E-state index >= 15 is 0 Å². The van der Waals surface area contributed by atoms with Crippen molar-refractivity contribution in [2.24, 2.45) is 5.92 Å². The molecule has 1 aliphatic rings. The topological polar surface area (TPSA) is 81.7 Å². The Bertz CT molecular complexity index is 646. The molecule has 1 aromatic heterocycles. The third kappa shape index (κ3) is 4.81. The van der Waals surface area contributed by atoms with Gasteiger partial charge in [-0.1, -0.05) is 19.8 Å². The number of anilines is 1. The van der Waals surface area contributed by atoms with Crippen LogP contribution in [-0.4, -0.2) is 31.1 Å². The number of thiophene rings is 1. The zero-order valence-corrected chi connectivity index (χ0v) is 15.8. The van der Waals surface area contributed by atoms with Gasteiger partial charge in [0, 0.05) is 4.88 Å². The number of rotatable bonds is 7. The monoisotopic (exact) mass is 367 g/mol. The van der Waals surface area contributed by atoms with E-state index in [4.69, 9.17) is 9.47 Å². The molecule has 0 aromatic carbocycles. The van der Waals surface area contributed by atoms with Gasteiger partial charge in [0.2, 0.25) is 0 Å². The van der Waals surface area contributed by atoms with Crippen molar-refractivity contribution in [2.75, 3.05) is 18.5 Å². The standard InChI is InChI=1S/C18H25NO5S/c1-4-13-11(3)15(18(22)23-5-2)16(25-13)19-14(20)10-24-17(21)12-8-6-7-9-12/h12H,4-10H2,1-3H3,(H,19,20). The second kappa shape index (κ2) is 8.99. The Morgan fingerprint density at radius 1 is 1.16 bits per heavy atom. The highest BCUT2D eigenvalue weighted by Gasteiger charge is 2.26. The molecule has 138 valence electrons. The van der Waals surface area contributed by atoms with E-state index in [9.17, 15) is 14.4 Å². The van der Waals surface area contributed by atoms with E-state index in [2.05, 4.69) is 5.32 Å². The minimum absolute atomic E-state index is 0.0847. The van der Waals surface area contributed by atoms with Crippen molar-refractivity contribution in [1.29, 1.82) is 0 Å². The molecule has 0 bridgehead atoms. The molecule has 0 aliphatic heterocycles. The maximum Gasteiger partial charge on any atom is 0.341 e. The minimum atomic E-state index is -0.450. The lowest BCUT2D eigenvalue weighted by Gasteiger charge is -2.10. The summed E-state index contributed by atoms with van der Waals surface area (Å²) in [6.07, 6.45) is 4.48. The number of amides is 1. The third-order valence-corrected chi connectivity index (χ3v) is 5.68. The van der Waals surface area contributed by atoms with Gasteiger partial charge >= 0.3 is 11.9 Å². The van der Waals surface area contributed by atoms with Crippen molar-refractivity contribution >= 4 is 34.2 Å². The fourth-order valence-corrected chi connectivity index (χ4v) is 4.16. The fourth-order valence-electron chi connectivity index (χ4n) is 3.01. The Morgan fingerprint density at radius 3 is 2.44 bits per heavy atom. The van der Waals surface area contributed by atoms with Crippen molar-refractivity contribution in [3.05, 3.63) is 16.0 Å². The summed E-state index contributed by atoms with van der Waals surface area (Å²) in [5, 5.41) is 3.15. The van der Waals surface area contributed by atoms with Gasteiger partial charge in [0.05, 0.1) is 18.1 Å². The lowest BCUT2D eigenvalue weighted by molar-refractivity contribution is -0.151. The zero-order valence-electron chi connectivity index (χ0n) is 15.0. The summed E-state index contributed by atoms with van der Waals surface area (Å²) in [5.41, 5.74) is 1.21. The quantitative estimate of drug-likeness (QED) is 0.746. The van der Waals surface area contributed by atoms with E-state index in [0.717, 1.165) is 42.5 Å². The molecule has 0 radical (unpaired) electrons. The molecule has 1 saturated carbocycles. The molecule has 0 atom stereocenters. The van der Waals surface area contributed by atoms with Gasteiger partial charge in [0.1, 0.15) is 5.00 Å². The summed E-state index contributed by atoms with van der Waals surface area (Å²) in [4.78, 5) is 37.2. The molecule has 7 heteroatoms. The summed E-state index contributed by atoms with van der Waals surface area (Å²) >= 11 is 1.35. The minimum Gasteiger partial charge on any atom is -0.462 e. The number of ether oxygens (including phenoxy) is 2. The molecule has 2 rings (SSSR count). The van der Waals surface area contributed by atoms with Crippen LogP contribution in [-0.2, 0) is 25.5 Å². The highest BCUT2D eigenvalue weighted by Crippen LogP contribution is 2.34. The molecule has 1 aliphatic carbocycles. The van der Waals surface area contributed by atoms with E-state index in [0.29, 0.717) is 10.6 Å². The number of carbonyl (C=O) groups is 3. The van der Waals surface area contributed by atoms with Crippen molar-refractivity contribution in [3.63, 3.8) is 0 Å². The first-order valence-electron chi connectivity index (χ1n) is 8.73. The normalized spacial score (nSPS) is 14.4. The van der Waals surface area contributed by atoms with E-state index in [1.165, 1.54) is 11.3 Å². The van der Waals surface area contributed by atoms with Crippen LogP contribution in [0.2, 0.25) is 0 Å². The molecule has 1 N–H and O–H groups in total. The first kappa shape index (κ1) is 19.4. The molecular weight excluding hydrogens is 342 g/mol. The van der Waals surface area contributed by atoms with Gasteiger partial charge in [-0.15, -0.1) is 11.3 Å². The number of carbonyl (C=O) groups excluding carboxylic acids is 3. The molecule has 0 spiro atoms. The van der Waals surface area contributed by atoms with E-state index < -0.39 is 11.9 Å². The fraction of sp³-hybridized carbons (Fsp3) is 0.611. The molecule has 1 fully saturated rings. The molecule has 0 saturated heterocycles. The zero-order chi connectivity index (χ0) is 18.4. The van der Waals surface area contributed by atoms with Crippen molar-refractivity contribution < 1.29 is 23.9 Å². The highest BCUT2D eigenvalue weighted by molar-refractivity contribution is 7.17. The van der Waals surface area contributed by atoms with Gasteiger partial charge in [-0.2, -0.15) is 0 Å². The van der Waals surface area contributed by atoms with Crippen LogP contribution in [0.3, 0.4) is 0 Å². The van der Waals surface area contributed by atoms with Gasteiger partial charge < -0.3 is 14.8 Å². The van der Waals surface area contributed by atoms with Crippen LogP contribution in [0.25, 0.3) is 0 Å². The molecule has 0 unspecified atom stereocenters. The summed E-state index contributed by atoms with van der Waals surface area (Å²) in [7, 11) is 0. The van der Waals surface area contributed by atoms with Gasteiger partial charge in [-0.3, -0.25) is 9.59 Å². The molecule has 1 aromatic rings. The van der Waals surface area contributed by atoms with Crippen LogP contribution in [0.5, 0.6) is 0 Å². The number of aryl methyl sites for hydroxylation is 1. The van der Waals surface area contributed by atoms with Crippen molar-refractivity contribution in [2.45, 2.75) is 52.9 Å². The number of hydrogen-bond donors (Lipinski definition) is 1. The van der Waals surface area contributed by atoms with Gasteiger partial charge in [0.25, 0.3) is 5.91 Å². The summed E-state index contributed by atoms with van der Waals surface area (Å²) < 4.78 is 10.2. The molecule has 25 heavy (non-hydrogen) atoms. The van der Waals surface area contributed by atoms with Crippen LogP contribution in [0.4, 0.5) is 5.00 Å². The van der Waals surface area contributed by atoms with Crippen molar-refractivity contribution in [3.8, 4) is 0 Å². The number of nitrogens with one attached hydrogen (secondary N) is 1. The molecule has 6 nitrogen and oxygen atoms in total. The average molecular weight is 367 g/mol. The Morgan fingerprint density at radius 2 is 1.84 bits per heavy atom. The van der Waals surface area contributed by atoms with E-state index in [1.807, 2.05) is 13.8 Å². The van der Waals surface area contributed by atoms with Crippen LogP contribution < -0.4 is 5.32 Å². The lowest BCUT2D eigenvalue weighted by atomic mass is 10.1. The van der Waals surface area contributed by atoms with Crippen LogP contribution in [0, 0.1) is 12.8 Å². The second-order valence-corrected chi connectivity index (χ2v) is 7.17. The average Bonchev–Trinajstić information content (AvgIpc) is 3.21. The first-order chi connectivity index (χ1) is 12.0. The Balaban J connectivity index is 2.01. The third-order valence-electron chi connectivity index (χ3n) is 4.33. The predicted molar refractivity (Wildman–Crippen MR) is 95.9 cm³/mol. The van der Waals surface area contributed by atoms with Crippen LogP contribution in [0.15, 0.2) is 0 Å². The second-order valence-electron chi connectivity index (χ2n) is 6.07. The summed E-state index contributed by atoms with van der Waals surface area (Å²) in [6.45, 7) is 5.50. The Hall–Kier alpha value is -1.89. The summed E-state index contributed by atoms with van der Waals surface area (Å²) in [5.74, 6) is -1.29. The number of esters is 2. The lowest BCUT2D eigenvalue weighted by Crippen LogP contribution is -2.24. The largest absolute Gasteiger partial charge is 0.462 e. The van der Waals surface area contributed by atoms with E-state index in [-0.39, 0.29) is 25.1 Å². The number of hydrogen-bond acceptors (Lipinski definition) is 6. The predicted octanol–water partition coefficient (Wildman–Crippen LogP) is 3.47. The SMILES string of the molecule is CCOC(=O)c1c(NC(=O)COC(=O)C2CCCC2)sc(CC)c1C. The van der Waals surface area contributed by atoms with Gasteiger partial charge in [-0.05, 0) is 38.7 Å². The highest BCUT2D eigenvalue weighted by atomic mass is 32.1. The Kier molecular flexibility index (Phi) is 6.99. The van der Waals surface area contributed by atoms with Gasteiger partial charge in [0.15, 0.2) is 6.61 Å². The smallest absolute Gasteiger partial charge is 0.341 e. The Labute approximate surface area is 151 Å². The first-order valence-corrected chi connectivity index (χ1v) is 9.55. The summed E-state index contributed by atoms with van der Waals surface area (Å²) in [6, 6.07) is 0.